The predicted molar refractivity (Wildman–Crippen MR) is 302 cm³/mol. The zero-order chi connectivity index (χ0) is 52.2. The summed E-state index contributed by atoms with van der Waals surface area (Å²) in [6, 6.07) is 36.9. The molecule has 0 spiro atoms. The molecule has 6 heteroatoms. The van der Waals surface area contributed by atoms with E-state index in [-0.39, 0.29) is 11.1 Å². The van der Waals surface area contributed by atoms with E-state index in [1.165, 1.54) is 101 Å². The third kappa shape index (κ3) is 19.5. The van der Waals surface area contributed by atoms with Crippen molar-refractivity contribution in [2.24, 2.45) is 11.8 Å². The van der Waals surface area contributed by atoms with Crippen LogP contribution in [0.1, 0.15) is 175 Å². The van der Waals surface area contributed by atoms with Crippen molar-refractivity contribution in [2.45, 2.75) is 176 Å². The van der Waals surface area contributed by atoms with E-state index in [4.69, 9.17) is 9.47 Å². The van der Waals surface area contributed by atoms with Crippen molar-refractivity contribution < 1.29 is 27.0 Å². The first-order valence-electron chi connectivity index (χ1n) is 28.2. The Labute approximate surface area is 438 Å². The molecule has 73 heavy (non-hydrogen) atoms. The molecule has 0 aliphatic carbocycles. The monoisotopic (exact) mass is 999 g/mol. The molecule has 2 nitrogen and oxygen atoms in total. The quantitative estimate of drug-likeness (QED) is 0.0319. The lowest BCUT2D eigenvalue weighted by molar-refractivity contribution is 0.299. The molecule has 0 radical (unpaired) electrons. The summed E-state index contributed by atoms with van der Waals surface area (Å²) in [6.07, 6.45) is 25.1. The van der Waals surface area contributed by atoms with E-state index in [9.17, 15) is 0 Å². The van der Waals surface area contributed by atoms with Crippen molar-refractivity contribution >= 4 is 0 Å². The number of hydrogen-bond donors (Lipinski definition) is 0. The maximum Gasteiger partial charge on any atom is 0.167 e. The van der Waals surface area contributed by atoms with Gasteiger partial charge in [0.25, 0.3) is 0 Å². The average Bonchev–Trinajstić information content (AvgIpc) is 3.40. The number of halogens is 4. The molecule has 0 amide bonds. The number of hydrogen-bond acceptors (Lipinski definition) is 2. The molecule has 0 aromatic heterocycles. The molecular weight excluding hydrogens is 913 g/mol. The minimum Gasteiger partial charge on any atom is -0.494 e. The summed E-state index contributed by atoms with van der Waals surface area (Å²) in [5, 5.41) is 0. The fraction of sp³-hybridized carbons (Fsp3) is 0.463. The Balaban J connectivity index is 0.000000272. The van der Waals surface area contributed by atoms with Crippen LogP contribution in [0.5, 0.6) is 11.5 Å². The van der Waals surface area contributed by atoms with Crippen molar-refractivity contribution in [1.29, 1.82) is 0 Å². The second-order valence-corrected chi connectivity index (χ2v) is 20.5. The Bertz CT molecular complexity index is 2440. The summed E-state index contributed by atoms with van der Waals surface area (Å²) in [5.74, 6) is -0.174. The summed E-state index contributed by atoms with van der Waals surface area (Å²) in [5.41, 5.74) is 6.27. The van der Waals surface area contributed by atoms with Gasteiger partial charge in [-0.1, -0.05) is 222 Å². The second-order valence-electron chi connectivity index (χ2n) is 20.5. The van der Waals surface area contributed by atoms with Crippen LogP contribution in [0, 0.1) is 35.1 Å². The highest BCUT2D eigenvalue weighted by atomic mass is 19.2. The number of ether oxygens (including phenoxy) is 2. The molecule has 0 aliphatic rings. The van der Waals surface area contributed by atoms with Crippen LogP contribution in [0.4, 0.5) is 17.6 Å². The van der Waals surface area contributed by atoms with E-state index in [1.54, 1.807) is 48.5 Å². The molecule has 0 aliphatic heterocycles. The lowest BCUT2D eigenvalue weighted by Crippen LogP contribution is -2.00. The van der Waals surface area contributed by atoms with E-state index >= 15 is 17.6 Å². The van der Waals surface area contributed by atoms with Crippen LogP contribution in [0.3, 0.4) is 0 Å². The van der Waals surface area contributed by atoms with Crippen LogP contribution in [0.15, 0.2) is 121 Å². The highest BCUT2D eigenvalue weighted by molar-refractivity contribution is 5.73. The lowest BCUT2D eigenvalue weighted by atomic mass is 9.97. The Kier molecular flexibility index (Phi) is 26.3. The number of unbranched alkanes of at least 4 members (excludes halogenated alkanes) is 9. The van der Waals surface area contributed by atoms with Crippen molar-refractivity contribution in [3.05, 3.63) is 156 Å². The zero-order valence-corrected chi connectivity index (χ0v) is 45.3. The van der Waals surface area contributed by atoms with Gasteiger partial charge in [0, 0.05) is 22.3 Å². The Hall–Kier alpha value is -5.36. The normalized spacial score (nSPS) is 12.0. The first-order chi connectivity index (χ1) is 35.6. The van der Waals surface area contributed by atoms with Gasteiger partial charge in [-0.15, -0.1) is 0 Å². The summed E-state index contributed by atoms with van der Waals surface area (Å²) in [4.78, 5) is 0. The fourth-order valence-electron chi connectivity index (χ4n) is 9.69. The molecule has 6 aromatic rings. The summed E-state index contributed by atoms with van der Waals surface area (Å²) in [6.45, 7) is 14.8. The summed E-state index contributed by atoms with van der Waals surface area (Å²) < 4.78 is 71.9. The van der Waals surface area contributed by atoms with Crippen molar-refractivity contribution in [3.63, 3.8) is 0 Å². The highest BCUT2D eigenvalue weighted by Crippen LogP contribution is 2.35. The van der Waals surface area contributed by atoms with Crippen molar-refractivity contribution in [3.8, 4) is 56.0 Å². The van der Waals surface area contributed by atoms with Crippen molar-refractivity contribution in [1.82, 2.24) is 0 Å². The topological polar surface area (TPSA) is 18.5 Å². The molecule has 6 rings (SSSR count). The molecular formula is C67H86F4O2. The van der Waals surface area contributed by atoms with E-state index < -0.39 is 23.3 Å². The van der Waals surface area contributed by atoms with Gasteiger partial charge in [0.1, 0.15) is 11.5 Å². The Morgan fingerprint density at radius 1 is 0.315 bits per heavy atom. The van der Waals surface area contributed by atoms with Gasteiger partial charge in [-0.2, -0.15) is 0 Å². The van der Waals surface area contributed by atoms with Gasteiger partial charge in [0.05, 0.1) is 13.2 Å². The van der Waals surface area contributed by atoms with Gasteiger partial charge >= 0.3 is 0 Å². The molecule has 6 aromatic carbocycles. The summed E-state index contributed by atoms with van der Waals surface area (Å²) >= 11 is 0. The standard InChI is InChI=1S/C35H46F2O.C32H40F2O/c1-4-6-7-8-9-10-15-28-16-18-29(19-17-28)32-24-25-33(35(37)34(32)36)30-20-22-31(23-21-30)38-26-12-11-14-27(3)13-5-2;1-4-6-7-12-25-13-15-26(16-14-25)29-21-22-30(32(34)31(29)33)27-17-19-28(20-18-27)35-23-9-8-11-24(3)10-5-2/h16-25,27H,4-15,26H2,1-3H3;13-22,24H,4-12,23H2,1-3H3. The van der Waals surface area contributed by atoms with Crippen molar-refractivity contribution in [2.75, 3.05) is 13.2 Å². The number of aryl methyl sites for hydroxylation is 2. The highest BCUT2D eigenvalue weighted by Gasteiger charge is 2.18. The van der Waals surface area contributed by atoms with Gasteiger partial charge in [0.15, 0.2) is 23.3 Å². The molecule has 0 saturated heterocycles. The molecule has 2 unspecified atom stereocenters. The molecule has 394 valence electrons. The average molecular weight is 999 g/mol. The van der Waals surface area contributed by atoms with Gasteiger partial charge in [-0.05, 0) is 121 Å². The molecule has 0 saturated carbocycles. The van der Waals surface area contributed by atoms with Crippen LogP contribution in [0.2, 0.25) is 0 Å². The first-order valence-corrected chi connectivity index (χ1v) is 28.2. The van der Waals surface area contributed by atoms with Crippen LogP contribution >= 0.6 is 0 Å². The molecule has 0 N–H and O–H groups in total. The smallest absolute Gasteiger partial charge is 0.167 e. The Morgan fingerprint density at radius 3 is 0.959 bits per heavy atom. The van der Waals surface area contributed by atoms with Crippen LogP contribution in [-0.2, 0) is 12.8 Å². The van der Waals surface area contributed by atoms with Crippen LogP contribution in [-0.4, -0.2) is 13.2 Å². The van der Waals surface area contributed by atoms with Crippen LogP contribution < -0.4 is 9.47 Å². The molecule has 0 fully saturated rings. The zero-order valence-electron chi connectivity index (χ0n) is 45.3. The van der Waals surface area contributed by atoms with Gasteiger partial charge in [-0.3, -0.25) is 0 Å². The van der Waals surface area contributed by atoms with Gasteiger partial charge < -0.3 is 9.47 Å². The van der Waals surface area contributed by atoms with Gasteiger partial charge in [-0.25, -0.2) is 17.6 Å². The third-order valence-electron chi connectivity index (χ3n) is 14.2. The van der Waals surface area contributed by atoms with Crippen LogP contribution in [0.25, 0.3) is 44.5 Å². The minimum absolute atomic E-state index is 0.263. The Morgan fingerprint density at radius 2 is 0.616 bits per heavy atom. The number of benzene rings is 6. The minimum atomic E-state index is -0.815. The second kappa shape index (κ2) is 32.7. The van der Waals surface area contributed by atoms with E-state index in [1.807, 2.05) is 72.8 Å². The van der Waals surface area contributed by atoms with E-state index in [0.29, 0.717) is 46.6 Å². The fourth-order valence-corrected chi connectivity index (χ4v) is 9.69. The maximum atomic E-state index is 15.1. The third-order valence-corrected chi connectivity index (χ3v) is 14.2. The lowest BCUT2D eigenvalue weighted by Gasteiger charge is -2.12. The van der Waals surface area contributed by atoms with Gasteiger partial charge in [0.2, 0.25) is 0 Å². The van der Waals surface area contributed by atoms with E-state index in [2.05, 4.69) is 41.5 Å². The molecule has 2 atom stereocenters. The predicted octanol–water partition coefficient (Wildman–Crippen LogP) is 21.2. The largest absolute Gasteiger partial charge is 0.494 e. The molecule has 0 bridgehead atoms. The summed E-state index contributed by atoms with van der Waals surface area (Å²) in [7, 11) is 0. The molecule has 0 heterocycles. The maximum absolute atomic E-state index is 15.1. The number of rotatable bonds is 31. The SMILES string of the molecule is CCCCCCCCc1ccc(-c2ccc(-c3ccc(OCCCCC(C)CCC)cc3)c(F)c2F)cc1.CCCCCc1ccc(-c2ccc(-c3ccc(OCCCCC(C)CCC)cc3)c(F)c2F)cc1. The van der Waals surface area contributed by atoms with E-state index in [0.717, 1.165) is 68.3 Å². The first kappa shape index (κ1) is 58.5.